The molecular weight excluding hydrogens is 288 g/mol. The Hall–Kier alpha value is -0.0900. The molecule has 0 unspecified atom stereocenters. The summed E-state index contributed by atoms with van der Waals surface area (Å²) in [6, 6.07) is 6.02. The highest BCUT2D eigenvalue weighted by atomic mass is 79.9. The first-order chi connectivity index (χ1) is 7.59. The van der Waals surface area contributed by atoms with Gasteiger partial charge in [0.05, 0.1) is 5.02 Å². The molecule has 2 nitrogen and oxygen atoms in total. The normalized spacial score (nSPS) is 11.1. The molecule has 0 fully saturated rings. The first-order valence-corrected chi connectivity index (χ1v) is 6.56. The Bertz CT molecular complexity index is 329. The zero-order chi connectivity index (χ0) is 12.0. The van der Waals surface area contributed by atoms with Gasteiger partial charge in [-0.25, -0.2) is 0 Å². The molecule has 0 heterocycles. The van der Waals surface area contributed by atoms with E-state index in [1.165, 1.54) is 12.0 Å². The molecule has 0 saturated carbocycles. The second-order valence-corrected chi connectivity index (χ2v) is 5.34. The van der Waals surface area contributed by atoms with Crippen molar-refractivity contribution in [2.24, 2.45) is 0 Å². The maximum Gasteiger partial charge on any atom is 0.0548 e. The number of hydrogen-bond acceptors (Lipinski definition) is 2. The predicted octanol–water partition coefficient (Wildman–Crippen LogP) is 3.14. The number of hydrogen-bond donors (Lipinski definition) is 1. The van der Waals surface area contributed by atoms with Crippen LogP contribution >= 0.6 is 27.5 Å². The largest absolute Gasteiger partial charge is 0.313 e. The summed E-state index contributed by atoms with van der Waals surface area (Å²) >= 11 is 9.35. The van der Waals surface area contributed by atoms with E-state index in [1.807, 2.05) is 12.1 Å². The van der Waals surface area contributed by atoms with Gasteiger partial charge in [0.1, 0.15) is 0 Å². The summed E-state index contributed by atoms with van der Waals surface area (Å²) in [4.78, 5) is 2.19. The number of benzene rings is 1. The van der Waals surface area contributed by atoms with Crippen molar-refractivity contribution in [3.05, 3.63) is 33.3 Å². The van der Waals surface area contributed by atoms with Gasteiger partial charge in [0.2, 0.25) is 0 Å². The average molecular weight is 306 g/mol. The second kappa shape index (κ2) is 7.28. The molecular formula is C12H18BrClN2. The van der Waals surface area contributed by atoms with Crippen LogP contribution in [0.2, 0.25) is 5.02 Å². The molecule has 0 aliphatic carbocycles. The molecule has 4 heteroatoms. The van der Waals surface area contributed by atoms with Gasteiger partial charge in [-0.15, -0.1) is 0 Å². The molecule has 0 saturated heterocycles. The van der Waals surface area contributed by atoms with Crippen LogP contribution in [0.5, 0.6) is 0 Å². The number of nitrogens with zero attached hydrogens (tertiary/aromatic N) is 1. The molecule has 0 spiro atoms. The Morgan fingerprint density at radius 1 is 1.38 bits per heavy atom. The average Bonchev–Trinajstić information content (AvgIpc) is 2.22. The summed E-state index contributed by atoms with van der Waals surface area (Å²) in [6.07, 6.45) is 1.17. The molecule has 90 valence electrons. The highest BCUT2D eigenvalue weighted by Gasteiger charge is 1.98. The third-order valence-electron chi connectivity index (χ3n) is 2.27. The summed E-state index contributed by atoms with van der Waals surface area (Å²) in [6.45, 7) is 3.05. The lowest BCUT2D eigenvalue weighted by atomic mass is 10.2. The van der Waals surface area contributed by atoms with E-state index in [2.05, 4.69) is 46.3 Å². The first kappa shape index (κ1) is 14.0. The van der Waals surface area contributed by atoms with Crippen molar-refractivity contribution in [1.29, 1.82) is 0 Å². The van der Waals surface area contributed by atoms with Crippen LogP contribution in [0, 0.1) is 0 Å². The quantitative estimate of drug-likeness (QED) is 0.812. The summed E-state index contributed by atoms with van der Waals surface area (Å²) in [5, 5.41) is 4.17. The lowest BCUT2D eigenvalue weighted by Crippen LogP contribution is -2.20. The van der Waals surface area contributed by atoms with Crippen molar-refractivity contribution >= 4 is 27.5 Å². The summed E-state index contributed by atoms with van der Waals surface area (Å²) in [5.41, 5.74) is 1.25. The van der Waals surface area contributed by atoms with Crippen LogP contribution in [0.15, 0.2) is 22.7 Å². The molecule has 0 amide bonds. The van der Waals surface area contributed by atoms with Crippen LogP contribution in [-0.2, 0) is 6.54 Å². The summed E-state index contributed by atoms with van der Waals surface area (Å²) in [5.74, 6) is 0. The van der Waals surface area contributed by atoms with E-state index in [4.69, 9.17) is 11.6 Å². The Balaban J connectivity index is 2.24. The maximum atomic E-state index is 5.93. The third-order valence-corrected chi connectivity index (χ3v) is 3.49. The zero-order valence-electron chi connectivity index (χ0n) is 9.76. The minimum atomic E-state index is 0.761. The topological polar surface area (TPSA) is 15.3 Å². The van der Waals surface area contributed by atoms with E-state index in [0.29, 0.717) is 0 Å². The molecule has 1 rings (SSSR count). The molecule has 0 atom stereocenters. The van der Waals surface area contributed by atoms with Gasteiger partial charge in [0.15, 0.2) is 0 Å². The van der Waals surface area contributed by atoms with E-state index >= 15 is 0 Å². The zero-order valence-corrected chi connectivity index (χ0v) is 12.1. The van der Waals surface area contributed by atoms with Crippen molar-refractivity contribution < 1.29 is 0 Å². The van der Waals surface area contributed by atoms with Crippen molar-refractivity contribution in [1.82, 2.24) is 10.2 Å². The van der Waals surface area contributed by atoms with Crippen LogP contribution in [0.1, 0.15) is 12.0 Å². The molecule has 1 N–H and O–H groups in total. The highest BCUT2D eigenvalue weighted by Crippen LogP contribution is 2.22. The molecule has 0 aromatic heterocycles. The van der Waals surface area contributed by atoms with Crippen molar-refractivity contribution in [3.63, 3.8) is 0 Å². The molecule has 0 bridgehead atoms. The van der Waals surface area contributed by atoms with E-state index in [1.54, 1.807) is 0 Å². The molecule has 0 aliphatic heterocycles. The Morgan fingerprint density at radius 2 is 2.12 bits per heavy atom. The molecule has 1 aromatic carbocycles. The lowest BCUT2D eigenvalue weighted by molar-refractivity contribution is 0.394. The highest BCUT2D eigenvalue weighted by molar-refractivity contribution is 9.10. The second-order valence-electron chi connectivity index (χ2n) is 4.08. The van der Waals surface area contributed by atoms with E-state index in [0.717, 1.165) is 29.1 Å². The van der Waals surface area contributed by atoms with Crippen molar-refractivity contribution in [2.75, 3.05) is 27.2 Å². The van der Waals surface area contributed by atoms with Gasteiger partial charge in [-0.3, -0.25) is 0 Å². The minimum Gasteiger partial charge on any atom is -0.313 e. The van der Waals surface area contributed by atoms with E-state index in [-0.39, 0.29) is 0 Å². The first-order valence-electron chi connectivity index (χ1n) is 5.39. The van der Waals surface area contributed by atoms with Gasteiger partial charge in [-0.2, -0.15) is 0 Å². The standard InChI is InChI=1S/C12H18BrClN2/c1-16(2)7-3-6-15-9-10-4-5-12(14)11(13)8-10/h4-5,8,15H,3,6-7,9H2,1-2H3. The number of rotatable bonds is 6. The van der Waals surface area contributed by atoms with Gasteiger partial charge < -0.3 is 10.2 Å². The third kappa shape index (κ3) is 5.30. The number of halogens is 2. The lowest BCUT2D eigenvalue weighted by Gasteiger charge is -2.10. The fourth-order valence-electron chi connectivity index (χ4n) is 1.40. The van der Waals surface area contributed by atoms with Crippen LogP contribution in [0.4, 0.5) is 0 Å². The Kier molecular flexibility index (Phi) is 6.36. The molecule has 0 radical (unpaired) electrons. The van der Waals surface area contributed by atoms with Crippen LogP contribution < -0.4 is 5.32 Å². The van der Waals surface area contributed by atoms with Gasteiger partial charge >= 0.3 is 0 Å². The summed E-state index contributed by atoms with van der Waals surface area (Å²) < 4.78 is 0.960. The summed E-state index contributed by atoms with van der Waals surface area (Å²) in [7, 11) is 4.19. The van der Waals surface area contributed by atoms with Crippen molar-refractivity contribution in [2.45, 2.75) is 13.0 Å². The monoisotopic (exact) mass is 304 g/mol. The Labute approximate surface area is 111 Å². The van der Waals surface area contributed by atoms with Gasteiger partial charge in [-0.05, 0) is 67.2 Å². The fourth-order valence-corrected chi connectivity index (χ4v) is 1.95. The van der Waals surface area contributed by atoms with Gasteiger partial charge in [0.25, 0.3) is 0 Å². The predicted molar refractivity (Wildman–Crippen MR) is 74.0 cm³/mol. The van der Waals surface area contributed by atoms with Crippen LogP contribution in [-0.4, -0.2) is 32.1 Å². The smallest absolute Gasteiger partial charge is 0.0548 e. The van der Waals surface area contributed by atoms with Crippen LogP contribution in [0.25, 0.3) is 0 Å². The minimum absolute atomic E-state index is 0.761. The molecule has 1 aromatic rings. The van der Waals surface area contributed by atoms with E-state index in [9.17, 15) is 0 Å². The van der Waals surface area contributed by atoms with E-state index < -0.39 is 0 Å². The Morgan fingerprint density at radius 3 is 2.75 bits per heavy atom. The van der Waals surface area contributed by atoms with Gasteiger partial charge in [0, 0.05) is 11.0 Å². The molecule has 0 aliphatic rings. The number of nitrogens with one attached hydrogen (secondary N) is 1. The van der Waals surface area contributed by atoms with Crippen LogP contribution in [0.3, 0.4) is 0 Å². The molecule has 16 heavy (non-hydrogen) atoms. The SMILES string of the molecule is CN(C)CCCNCc1ccc(Cl)c(Br)c1. The maximum absolute atomic E-state index is 5.93. The van der Waals surface area contributed by atoms with Crippen molar-refractivity contribution in [3.8, 4) is 0 Å². The fraction of sp³-hybridized carbons (Fsp3) is 0.500. The van der Waals surface area contributed by atoms with Gasteiger partial charge in [-0.1, -0.05) is 17.7 Å².